The van der Waals surface area contributed by atoms with Crippen molar-refractivity contribution in [1.82, 2.24) is 0 Å². The normalized spacial score (nSPS) is 19.7. The summed E-state index contributed by atoms with van der Waals surface area (Å²) in [5.74, 6) is 0. The Labute approximate surface area is 105 Å². The number of quaternary nitrogens is 1. The molecule has 0 N–H and O–H groups in total. The van der Waals surface area contributed by atoms with Crippen LogP contribution < -0.4 is 0 Å². The van der Waals surface area contributed by atoms with E-state index in [0.717, 1.165) is 17.4 Å². The maximum atomic E-state index is 12.2. The zero-order valence-corrected chi connectivity index (χ0v) is 12.4. The summed E-state index contributed by atoms with van der Waals surface area (Å²) >= 11 is 0. The first-order chi connectivity index (χ1) is 8.04. The summed E-state index contributed by atoms with van der Waals surface area (Å²) < 4.78 is 24.0. The average Bonchev–Trinajstić information content (AvgIpc) is 2.66. The first kappa shape index (κ1) is 15.2. The molecule has 5 heteroatoms. The van der Waals surface area contributed by atoms with Gasteiger partial charge >= 0.3 is 7.60 Å². The third-order valence-corrected chi connectivity index (χ3v) is 5.59. The minimum absolute atomic E-state index is 0.462. The fraction of sp³-hybridized carbons (Fsp3) is 1.00. The Balaban J connectivity index is 2.34. The lowest BCUT2D eigenvalue weighted by Gasteiger charge is -2.29. The van der Waals surface area contributed by atoms with Crippen LogP contribution in [0.3, 0.4) is 0 Å². The van der Waals surface area contributed by atoms with E-state index in [2.05, 4.69) is 7.05 Å². The van der Waals surface area contributed by atoms with Gasteiger partial charge in [0.2, 0.25) is 0 Å². The largest absolute Gasteiger partial charge is 0.330 e. The molecule has 102 valence electrons. The quantitative estimate of drug-likeness (QED) is 0.499. The molecule has 0 aromatic rings. The van der Waals surface area contributed by atoms with Crippen molar-refractivity contribution in [1.29, 1.82) is 0 Å². The highest BCUT2D eigenvalue weighted by molar-refractivity contribution is 7.53. The summed E-state index contributed by atoms with van der Waals surface area (Å²) in [7, 11) is -0.525. The van der Waals surface area contributed by atoms with Gasteiger partial charge in [-0.1, -0.05) is 0 Å². The van der Waals surface area contributed by atoms with Gasteiger partial charge in [0, 0.05) is 19.3 Å². The fourth-order valence-electron chi connectivity index (χ4n) is 2.53. The van der Waals surface area contributed by atoms with Crippen LogP contribution in [0.1, 0.15) is 33.1 Å². The molecule has 0 aromatic heterocycles. The lowest BCUT2D eigenvalue weighted by Crippen LogP contribution is -2.41. The third kappa shape index (κ3) is 5.09. The van der Waals surface area contributed by atoms with Crippen molar-refractivity contribution >= 4 is 7.60 Å². The molecule has 0 radical (unpaired) electrons. The minimum atomic E-state index is -2.82. The van der Waals surface area contributed by atoms with Gasteiger partial charge in [-0.3, -0.25) is 4.57 Å². The van der Waals surface area contributed by atoms with Crippen molar-refractivity contribution < 1.29 is 18.1 Å². The van der Waals surface area contributed by atoms with Gasteiger partial charge in [0.05, 0.1) is 46.1 Å². The molecule has 1 fully saturated rings. The molecule has 1 aliphatic rings. The predicted molar refractivity (Wildman–Crippen MR) is 70.4 cm³/mol. The predicted octanol–water partition coefficient (Wildman–Crippen LogP) is 2.88. The second-order valence-electron chi connectivity index (χ2n) is 5.02. The van der Waals surface area contributed by atoms with Crippen molar-refractivity contribution in [3.8, 4) is 0 Å². The molecule has 17 heavy (non-hydrogen) atoms. The van der Waals surface area contributed by atoms with E-state index in [1.807, 2.05) is 13.8 Å². The molecule has 4 nitrogen and oxygen atoms in total. The van der Waals surface area contributed by atoms with E-state index in [0.29, 0.717) is 19.4 Å². The summed E-state index contributed by atoms with van der Waals surface area (Å²) in [4.78, 5) is 0. The maximum Gasteiger partial charge on any atom is 0.330 e. The fourth-order valence-corrected chi connectivity index (χ4v) is 4.18. The minimum Gasteiger partial charge on any atom is -0.326 e. The first-order valence-electron chi connectivity index (χ1n) is 6.75. The smallest absolute Gasteiger partial charge is 0.326 e. The maximum absolute atomic E-state index is 12.2. The Morgan fingerprint density at radius 2 is 1.65 bits per heavy atom. The summed E-state index contributed by atoms with van der Waals surface area (Å²) in [6.07, 6.45) is 4.13. The second kappa shape index (κ2) is 6.89. The van der Waals surface area contributed by atoms with E-state index in [-0.39, 0.29) is 0 Å². The molecule has 0 amide bonds. The highest BCUT2D eigenvalue weighted by Gasteiger charge is 2.29. The van der Waals surface area contributed by atoms with Crippen LogP contribution in [0.25, 0.3) is 0 Å². The van der Waals surface area contributed by atoms with E-state index >= 15 is 0 Å². The van der Waals surface area contributed by atoms with Gasteiger partial charge in [0.25, 0.3) is 0 Å². The molecule has 0 spiro atoms. The summed E-state index contributed by atoms with van der Waals surface area (Å²) in [6, 6.07) is 0. The standard InChI is InChI=1S/C12H27NO3P/c1-4-15-17(14,16-5-2)12-8-11-13(3)9-6-7-10-13/h4-12H2,1-3H3/q+1. The summed E-state index contributed by atoms with van der Waals surface area (Å²) in [5.41, 5.74) is 0. The number of hydrogen-bond acceptors (Lipinski definition) is 3. The van der Waals surface area contributed by atoms with Crippen LogP contribution in [0.4, 0.5) is 0 Å². The monoisotopic (exact) mass is 264 g/mol. The van der Waals surface area contributed by atoms with E-state index in [1.54, 1.807) is 0 Å². The van der Waals surface area contributed by atoms with Crippen molar-refractivity contribution in [3.05, 3.63) is 0 Å². The highest BCUT2D eigenvalue weighted by Crippen LogP contribution is 2.48. The van der Waals surface area contributed by atoms with E-state index in [9.17, 15) is 4.57 Å². The van der Waals surface area contributed by atoms with Crippen molar-refractivity contribution in [2.24, 2.45) is 0 Å². The van der Waals surface area contributed by atoms with Gasteiger partial charge in [-0.25, -0.2) is 0 Å². The lowest BCUT2D eigenvalue weighted by atomic mass is 10.4. The zero-order valence-electron chi connectivity index (χ0n) is 11.5. The van der Waals surface area contributed by atoms with Crippen LogP contribution >= 0.6 is 7.60 Å². The number of likely N-dealkylation sites (tertiary alicyclic amines) is 1. The molecule has 1 saturated heterocycles. The number of rotatable bonds is 8. The van der Waals surface area contributed by atoms with Gasteiger partial charge in [-0.2, -0.15) is 0 Å². The van der Waals surface area contributed by atoms with Crippen LogP contribution in [0.15, 0.2) is 0 Å². The van der Waals surface area contributed by atoms with Crippen molar-refractivity contribution in [3.63, 3.8) is 0 Å². The number of nitrogens with zero attached hydrogens (tertiary/aromatic N) is 1. The van der Waals surface area contributed by atoms with Crippen LogP contribution in [0.5, 0.6) is 0 Å². The molecular weight excluding hydrogens is 237 g/mol. The van der Waals surface area contributed by atoms with Crippen molar-refractivity contribution in [2.75, 3.05) is 46.1 Å². The Bertz CT molecular complexity index is 254. The van der Waals surface area contributed by atoms with Gasteiger partial charge in [-0.15, -0.1) is 0 Å². The lowest BCUT2D eigenvalue weighted by molar-refractivity contribution is -0.897. The van der Waals surface area contributed by atoms with Crippen LogP contribution in [0.2, 0.25) is 0 Å². The van der Waals surface area contributed by atoms with E-state index in [4.69, 9.17) is 9.05 Å². The Morgan fingerprint density at radius 3 is 2.12 bits per heavy atom. The van der Waals surface area contributed by atoms with E-state index < -0.39 is 7.60 Å². The Kier molecular flexibility index (Phi) is 6.14. The van der Waals surface area contributed by atoms with Gasteiger partial charge in [0.15, 0.2) is 0 Å². The summed E-state index contributed by atoms with van der Waals surface area (Å²) in [5, 5.41) is 0. The topological polar surface area (TPSA) is 35.5 Å². The zero-order chi connectivity index (χ0) is 12.8. The average molecular weight is 264 g/mol. The molecule has 0 saturated carbocycles. The molecule has 0 bridgehead atoms. The Morgan fingerprint density at radius 1 is 1.12 bits per heavy atom. The van der Waals surface area contributed by atoms with E-state index in [1.165, 1.54) is 25.9 Å². The number of hydrogen-bond donors (Lipinski definition) is 0. The molecule has 0 atom stereocenters. The van der Waals surface area contributed by atoms with Crippen LogP contribution in [-0.2, 0) is 13.6 Å². The molecular formula is C12H27NO3P+. The molecule has 0 unspecified atom stereocenters. The molecule has 0 aromatic carbocycles. The van der Waals surface area contributed by atoms with Gasteiger partial charge < -0.3 is 13.5 Å². The first-order valence-corrected chi connectivity index (χ1v) is 8.48. The Hall–Kier alpha value is 0.110. The molecule has 0 aliphatic carbocycles. The summed E-state index contributed by atoms with van der Waals surface area (Å²) in [6.45, 7) is 8.25. The van der Waals surface area contributed by atoms with Crippen LogP contribution in [0, 0.1) is 0 Å². The molecule has 1 heterocycles. The molecule has 1 rings (SSSR count). The highest BCUT2D eigenvalue weighted by atomic mass is 31.2. The van der Waals surface area contributed by atoms with Gasteiger partial charge in [-0.05, 0) is 13.8 Å². The van der Waals surface area contributed by atoms with Crippen LogP contribution in [-0.4, -0.2) is 50.5 Å². The van der Waals surface area contributed by atoms with Crippen molar-refractivity contribution in [2.45, 2.75) is 33.1 Å². The second-order valence-corrected chi connectivity index (χ2v) is 7.21. The van der Waals surface area contributed by atoms with Gasteiger partial charge in [0.1, 0.15) is 0 Å². The third-order valence-electron chi connectivity index (χ3n) is 3.43. The molecule has 1 aliphatic heterocycles. The SMILES string of the molecule is CCOP(=O)(CCC[N+]1(C)CCCC1)OCC.